The molecule has 4 heteroatoms. The Hall–Kier alpha value is -0.903. The molecule has 1 saturated carbocycles. The van der Waals surface area contributed by atoms with E-state index in [4.69, 9.17) is 4.74 Å². The molecule has 0 amide bonds. The molecule has 2 fully saturated rings. The van der Waals surface area contributed by atoms with Crippen LogP contribution in [-0.2, 0) is 0 Å². The molecule has 30 heavy (non-hydrogen) atoms. The first-order chi connectivity index (χ1) is 14.6. The first-order valence-electron chi connectivity index (χ1n) is 12.6. The Morgan fingerprint density at radius 2 is 1.53 bits per heavy atom. The van der Waals surface area contributed by atoms with Crippen LogP contribution in [0.4, 0.5) is 8.78 Å². The molecule has 1 radical (unpaired) electrons. The van der Waals surface area contributed by atoms with Crippen LogP contribution in [-0.4, -0.2) is 15.4 Å². The largest absolute Gasteiger partial charge is 0.491 e. The highest BCUT2D eigenvalue weighted by Gasteiger charge is 2.28. The highest BCUT2D eigenvalue weighted by molar-refractivity contribution is 6.58. The molecule has 0 bridgehead atoms. The smallest absolute Gasteiger partial charge is 0.200 e. The number of benzene rings is 1. The monoisotopic (exact) mass is 435 g/mol. The quantitative estimate of drug-likeness (QED) is 0.264. The Bertz CT molecular complexity index is 634. The highest BCUT2D eigenvalue weighted by Crippen LogP contribution is 2.41. The summed E-state index contributed by atoms with van der Waals surface area (Å²) in [5, 5.41) is 0. The molecule has 2 aliphatic rings. The molecule has 1 aromatic rings. The minimum absolute atomic E-state index is 0.0221. The molecular formula is C26H41F2OSi. The van der Waals surface area contributed by atoms with Crippen LogP contribution in [0, 0.1) is 23.5 Å². The van der Waals surface area contributed by atoms with Gasteiger partial charge < -0.3 is 4.74 Å². The van der Waals surface area contributed by atoms with Crippen LogP contribution in [0.25, 0.3) is 0 Å². The second kappa shape index (κ2) is 12.2. The van der Waals surface area contributed by atoms with E-state index < -0.39 is 11.6 Å². The minimum atomic E-state index is -0.815. The van der Waals surface area contributed by atoms with Gasteiger partial charge in [0.2, 0.25) is 5.82 Å². The van der Waals surface area contributed by atoms with Gasteiger partial charge in [-0.05, 0) is 62.0 Å². The fourth-order valence-electron chi connectivity index (χ4n) is 5.61. The van der Waals surface area contributed by atoms with Gasteiger partial charge >= 0.3 is 0 Å². The van der Waals surface area contributed by atoms with Gasteiger partial charge in [0.05, 0.1) is 6.61 Å². The maximum atomic E-state index is 14.5. The van der Waals surface area contributed by atoms with E-state index >= 15 is 0 Å². The summed E-state index contributed by atoms with van der Waals surface area (Å²) in [6.07, 6.45) is 14.2. The molecule has 1 saturated heterocycles. The van der Waals surface area contributed by atoms with Gasteiger partial charge in [0.25, 0.3) is 0 Å². The van der Waals surface area contributed by atoms with Crippen molar-refractivity contribution in [3.63, 3.8) is 0 Å². The van der Waals surface area contributed by atoms with Crippen molar-refractivity contribution < 1.29 is 13.5 Å². The molecule has 0 spiro atoms. The van der Waals surface area contributed by atoms with Gasteiger partial charge in [-0.1, -0.05) is 76.1 Å². The molecular weight excluding hydrogens is 394 g/mol. The van der Waals surface area contributed by atoms with E-state index in [2.05, 4.69) is 6.92 Å². The molecule has 1 aliphatic carbocycles. The second-order valence-corrected chi connectivity index (χ2v) is 12.7. The summed E-state index contributed by atoms with van der Waals surface area (Å²) in [5.74, 6) is 0.435. The third kappa shape index (κ3) is 6.55. The van der Waals surface area contributed by atoms with Crippen LogP contribution in [0.5, 0.6) is 5.75 Å². The van der Waals surface area contributed by atoms with Gasteiger partial charge in [-0.2, -0.15) is 4.39 Å². The third-order valence-corrected chi connectivity index (χ3v) is 10.6. The standard InChI is InChI=1S/C26H41F2OSi/c1-3-5-6-17-30-18-15-21(16-19-30)8-7-20-9-11-22(12-10-20)23-13-14-24(29-4-2)26(28)25(23)27/h13-14,20-22H,3-12,15-19H2,1-2H3. The maximum absolute atomic E-state index is 14.5. The predicted octanol–water partition coefficient (Wildman–Crippen LogP) is 8.51. The lowest BCUT2D eigenvalue weighted by molar-refractivity contribution is 0.275. The summed E-state index contributed by atoms with van der Waals surface area (Å²) < 4.78 is 33.9. The third-order valence-electron chi connectivity index (χ3n) is 7.59. The van der Waals surface area contributed by atoms with Crippen LogP contribution in [0.15, 0.2) is 12.1 Å². The van der Waals surface area contributed by atoms with Crippen LogP contribution in [0.1, 0.15) is 96.0 Å². The van der Waals surface area contributed by atoms with Crippen molar-refractivity contribution in [3.05, 3.63) is 29.3 Å². The van der Waals surface area contributed by atoms with E-state index in [9.17, 15) is 8.78 Å². The summed E-state index contributed by atoms with van der Waals surface area (Å²) in [5.41, 5.74) is 0.555. The summed E-state index contributed by atoms with van der Waals surface area (Å²) in [6.45, 7) is 4.44. The Morgan fingerprint density at radius 1 is 0.867 bits per heavy atom. The van der Waals surface area contributed by atoms with Crippen LogP contribution in [0.2, 0.25) is 18.1 Å². The van der Waals surface area contributed by atoms with Gasteiger partial charge in [-0.15, -0.1) is 0 Å². The highest BCUT2D eigenvalue weighted by atomic mass is 28.3. The average molecular weight is 436 g/mol. The first kappa shape index (κ1) is 23.8. The predicted molar refractivity (Wildman–Crippen MR) is 124 cm³/mol. The second-order valence-electron chi connectivity index (χ2n) is 9.66. The fraction of sp³-hybridized carbons (Fsp3) is 0.769. The van der Waals surface area contributed by atoms with E-state index in [1.54, 1.807) is 37.2 Å². The van der Waals surface area contributed by atoms with Crippen LogP contribution in [0.3, 0.4) is 0 Å². The Morgan fingerprint density at radius 3 is 2.17 bits per heavy atom. The van der Waals surface area contributed by atoms with Gasteiger partial charge in [0.15, 0.2) is 11.6 Å². The normalized spacial score (nSPS) is 23.6. The number of unbranched alkanes of at least 4 members (excludes halogenated alkanes) is 2. The molecule has 0 N–H and O–H groups in total. The van der Waals surface area contributed by atoms with E-state index in [0.29, 0.717) is 12.2 Å². The first-order valence-corrected chi connectivity index (χ1v) is 14.7. The lowest BCUT2D eigenvalue weighted by Gasteiger charge is -2.32. The molecule has 0 unspecified atom stereocenters. The number of rotatable bonds is 10. The Labute approximate surface area is 184 Å². The molecule has 0 aromatic heterocycles. The Kier molecular flexibility index (Phi) is 9.67. The zero-order valence-electron chi connectivity index (χ0n) is 19.2. The van der Waals surface area contributed by atoms with Crippen LogP contribution >= 0.6 is 0 Å². The zero-order valence-corrected chi connectivity index (χ0v) is 20.2. The van der Waals surface area contributed by atoms with E-state index in [1.165, 1.54) is 44.9 Å². The SMILES string of the molecule is CCCCC[Si]1CCC(CCC2CCC(c3ccc(OCC)c(F)c3F)CC2)CC1. The lowest BCUT2D eigenvalue weighted by Crippen LogP contribution is -2.22. The lowest BCUT2D eigenvalue weighted by atomic mass is 9.76. The van der Waals surface area contributed by atoms with Crippen molar-refractivity contribution in [1.29, 1.82) is 0 Å². The van der Waals surface area contributed by atoms with Gasteiger partial charge in [-0.3, -0.25) is 0 Å². The van der Waals surface area contributed by atoms with Crippen molar-refractivity contribution in [1.82, 2.24) is 0 Å². The summed E-state index contributed by atoms with van der Waals surface area (Å²) >= 11 is 0. The molecule has 0 atom stereocenters. The topological polar surface area (TPSA) is 9.23 Å². The molecule has 1 heterocycles. The summed E-state index contributed by atoms with van der Waals surface area (Å²) in [7, 11) is -0.0221. The van der Waals surface area contributed by atoms with E-state index in [-0.39, 0.29) is 20.5 Å². The number of ether oxygens (including phenoxy) is 1. The van der Waals surface area contributed by atoms with Gasteiger partial charge in [0.1, 0.15) is 0 Å². The minimum Gasteiger partial charge on any atom is -0.491 e. The van der Waals surface area contributed by atoms with Crippen LogP contribution < -0.4 is 4.74 Å². The maximum Gasteiger partial charge on any atom is 0.200 e. The molecule has 1 aliphatic heterocycles. The van der Waals surface area contributed by atoms with Crippen molar-refractivity contribution in [2.45, 2.75) is 109 Å². The summed E-state index contributed by atoms with van der Waals surface area (Å²) in [4.78, 5) is 0. The van der Waals surface area contributed by atoms with Crippen molar-refractivity contribution >= 4 is 8.80 Å². The van der Waals surface area contributed by atoms with Gasteiger partial charge in [0, 0.05) is 8.80 Å². The summed E-state index contributed by atoms with van der Waals surface area (Å²) in [6, 6.07) is 8.00. The van der Waals surface area contributed by atoms with Crippen molar-refractivity contribution in [2.75, 3.05) is 6.61 Å². The van der Waals surface area contributed by atoms with Gasteiger partial charge in [-0.25, -0.2) is 4.39 Å². The number of hydrogen-bond acceptors (Lipinski definition) is 1. The fourth-order valence-corrected chi connectivity index (χ4v) is 8.74. The molecule has 1 aromatic carbocycles. The number of hydrogen-bond donors (Lipinski definition) is 0. The van der Waals surface area contributed by atoms with Crippen molar-refractivity contribution in [2.24, 2.45) is 11.8 Å². The Balaban J connectivity index is 1.38. The van der Waals surface area contributed by atoms with E-state index in [1.807, 2.05) is 0 Å². The zero-order chi connectivity index (χ0) is 21.3. The molecule has 3 rings (SSSR count). The van der Waals surface area contributed by atoms with Crippen molar-refractivity contribution in [3.8, 4) is 5.75 Å². The molecule has 1 nitrogen and oxygen atoms in total. The van der Waals surface area contributed by atoms with E-state index in [0.717, 1.165) is 37.5 Å². The molecule has 169 valence electrons. The average Bonchev–Trinajstić information content (AvgIpc) is 2.77. The number of halogens is 2.